The fourth-order valence-corrected chi connectivity index (χ4v) is 3.00. The smallest absolute Gasteiger partial charge is 0.0291 e. The average Bonchev–Trinajstić information content (AvgIpc) is 2.46. The van der Waals surface area contributed by atoms with Crippen molar-refractivity contribution >= 4 is 0 Å². The Morgan fingerprint density at radius 2 is 1.70 bits per heavy atom. The molecule has 0 aromatic heterocycles. The SMILES string of the molecule is Cc1ccc(C(C)NCC(C)CN2CCCCC2)cc1. The summed E-state index contributed by atoms with van der Waals surface area (Å²) in [7, 11) is 0. The van der Waals surface area contributed by atoms with Crippen LogP contribution in [0.15, 0.2) is 24.3 Å². The second-order valence-corrected chi connectivity index (χ2v) is 6.51. The van der Waals surface area contributed by atoms with Gasteiger partial charge in [-0.25, -0.2) is 0 Å². The van der Waals surface area contributed by atoms with E-state index in [9.17, 15) is 0 Å². The third-order valence-corrected chi connectivity index (χ3v) is 4.37. The van der Waals surface area contributed by atoms with Gasteiger partial charge in [-0.3, -0.25) is 0 Å². The van der Waals surface area contributed by atoms with Crippen molar-refractivity contribution in [2.75, 3.05) is 26.2 Å². The minimum atomic E-state index is 0.444. The van der Waals surface area contributed by atoms with Crippen LogP contribution in [0.2, 0.25) is 0 Å². The van der Waals surface area contributed by atoms with Crippen molar-refractivity contribution in [3.05, 3.63) is 35.4 Å². The van der Waals surface area contributed by atoms with Gasteiger partial charge in [0.15, 0.2) is 0 Å². The molecule has 0 bridgehead atoms. The minimum absolute atomic E-state index is 0.444. The molecule has 1 aromatic carbocycles. The number of aryl methyl sites for hydroxylation is 1. The van der Waals surface area contributed by atoms with Crippen LogP contribution in [0.4, 0.5) is 0 Å². The third kappa shape index (κ3) is 4.92. The minimum Gasteiger partial charge on any atom is -0.310 e. The van der Waals surface area contributed by atoms with Crippen LogP contribution in [0.5, 0.6) is 0 Å². The molecule has 0 aliphatic carbocycles. The standard InChI is InChI=1S/C18H30N2/c1-15-7-9-18(10-8-15)17(3)19-13-16(2)14-20-11-5-4-6-12-20/h7-10,16-17,19H,4-6,11-14H2,1-3H3. The Hall–Kier alpha value is -0.860. The Kier molecular flexibility index (Phi) is 6.06. The van der Waals surface area contributed by atoms with Crippen LogP contribution in [-0.2, 0) is 0 Å². The molecule has 0 spiro atoms. The molecule has 1 N–H and O–H groups in total. The van der Waals surface area contributed by atoms with E-state index < -0.39 is 0 Å². The summed E-state index contributed by atoms with van der Waals surface area (Å²) in [4.78, 5) is 2.63. The normalized spacial score (nSPS) is 19.8. The number of nitrogens with one attached hydrogen (secondary N) is 1. The zero-order chi connectivity index (χ0) is 14.4. The van der Waals surface area contributed by atoms with E-state index in [4.69, 9.17) is 0 Å². The molecule has 112 valence electrons. The number of piperidine rings is 1. The second-order valence-electron chi connectivity index (χ2n) is 6.51. The third-order valence-electron chi connectivity index (χ3n) is 4.37. The molecule has 0 radical (unpaired) electrons. The van der Waals surface area contributed by atoms with Crippen molar-refractivity contribution < 1.29 is 0 Å². The summed E-state index contributed by atoms with van der Waals surface area (Å²) in [5.41, 5.74) is 2.72. The molecule has 20 heavy (non-hydrogen) atoms. The maximum Gasteiger partial charge on any atom is 0.0291 e. The van der Waals surface area contributed by atoms with Crippen LogP contribution < -0.4 is 5.32 Å². The van der Waals surface area contributed by atoms with Crippen LogP contribution in [0, 0.1) is 12.8 Å². The summed E-state index contributed by atoms with van der Waals surface area (Å²) in [6.45, 7) is 11.7. The van der Waals surface area contributed by atoms with Crippen molar-refractivity contribution in [1.29, 1.82) is 0 Å². The Morgan fingerprint density at radius 3 is 2.35 bits per heavy atom. The van der Waals surface area contributed by atoms with E-state index in [1.165, 1.54) is 50.0 Å². The molecular formula is C18H30N2. The summed E-state index contributed by atoms with van der Waals surface area (Å²) in [6.07, 6.45) is 4.20. The zero-order valence-electron chi connectivity index (χ0n) is 13.4. The molecule has 1 aromatic rings. The summed E-state index contributed by atoms with van der Waals surface area (Å²) in [5.74, 6) is 0.723. The maximum absolute atomic E-state index is 3.68. The first-order chi connectivity index (χ1) is 9.65. The van der Waals surface area contributed by atoms with E-state index in [2.05, 4.69) is 55.3 Å². The molecule has 2 unspecified atom stereocenters. The molecule has 1 aliphatic rings. The van der Waals surface area contributed by atoms with Crippen molar-refractivity contribution in [1.82, 2.24) is 10.2 Å². The predicted molar refractivity (Wildman–Crippen MR) is 87.1 cm³/mol. The van der Waals surface area contributed by atoms with Gasteiger partial charge in [0.25, 0.3) is 0 Å². The number of rotatable bonds is 6. The summed E-state index contributed by atoms with van der Waals surface area (Å²) in [6, 6.07) is 9.32. The number of benzene rings is 1. The van der Waals surface area contributed by atoms with Gasteiger partial charge < -0.3 is 10.2 Å². The Bertz CT molecular complexity index is 379. The van der Waals surface area contributed by atoms with E-state index in [1.54, 1.807) is 0 Å². The first-order valence-electron chi connectivity index (χ1n) is 8.17. The molecule has 2 atom stereocenters. The lowest BCUT2D eigenvalue weighted by Crippen LogP contribution is -2.37. The lowest BCUT2D eigenvalue weighted by Gasteiger charge is -2.29. The van der Waals surface area contributed by atoms with Gasteiger partial charge >= 0.3 is 0 Å². The van der Waals surface area contributed by atoms with E-state index >= 15 is 0 Å². The fourth-order valence-electron chi connectivity index (χ4n) is 3.00. The monoisotopic (exact) mass is 274 g/mol. The van der Waals surface area contributed by atoms with Gasteiger partial charge in [0.1, 0.15) is 0 Å². The summed E-state index contributed by atoms with van der Waals surface area (Å²) < 4.78 is 0. The van der Waals surface area contributed by atoms with Crippen molar-refractivity contribution in [3.63, 3.8) is 0 Å². The topological polar surface area (TPSA) is 15.3 Å². The van der Waals surface area contributed by atoms with Crippen LogP contribution in [0.25, 0.3) is 0 Å². The number of hydrogen-bond acceptors (Lipinski definition) is 2. The van der Waals surface area contributed by atoms with E-state index in [0.717, 1.165) is 12.5 Å². The largest absolute Gasteiger partial charge is 0.310 e. The van der Waals surface area contributed by atoms with Crippen molar-refractivity contribution in [3.8, 4) is 0 Å². The first kappa shape index (κ1) is 15.5. The molecule has 0 amide bonds. The predicted octanol–water partition coefficient (Wildman–Crippen LogP) is 3.77. The maximum atomic E-state index is 3.68. The van der Waals surface area contributed by atoms with Crippen LogP contribution >= 0.6 is 0 Å². The number of hydrogen-bond donors (Lipinski definition) is 1. The fraction of sp³-hybridized carbons (Fsp3) is 0.667. The Balaban J connectivity index is 1.71. The first-order valence-corrected chi connectivity index (χ1v) is 8.17. The molecule has 2 nitrogen and oxygen atoms in total. The number of likely N-dealkylation sites (tertiary alicyclic amines) is 1. The molecule has 1 fully saturated rings. The second kappa shape index (κ2) is 7.80. The van der Waals surface area contributed by atoms with Crippen molar-refractivity contribution in [2.24, 2.45) is 5.92 Å². The van der Waals surface area contributed by atoms with Gasteiger partial charge in [0, 0.05) is 12.6 Å². The highest BCUT2D eigenvalue weighted by Gasteiger charge is 2.14. The Morgan fingerprint density at radius 1 is 1.05 bits per heavy atom. The van der Waals surface area contributed by atoms with Crippen LogP contribution in [0.1, 0.15) is 50.3 Å². The summed E-state index contributed by atoms with van der Waals surface area (Å²) in [5, 5.41) is 3.68. The van der Waals surface area contributed by atoms with E-state index in [-0.39, 0.29) is 0 Å². The van der Waals surface area contributed by atoms with Gasteiger partial charge in [0.2, 0.25) is 0 Å². The average molecular weight is 274 g/mol. The van der Waals surface area contributed by atoms with Gasteiger partial charge in [-0.05, 0) is 57.8 Å². The number of nitrogens with zero attached hydrogens (tertiary/aromatic N) is 1. The summed E-state index contributed by atoms with van der Waals surface area (Å²) >= 11 is 0. The lowest BCUT2D eigenvalue weighted by molar-refractivity contribution is 0.197. The van der Waals surface area contributed by atoms with Gasteiger partial charge in [-0.15, -0.1) is 0 Å². The molecule has 1 saturated heterocycles. The molecule has 2 heteroatoms. The van der Waals surface area contributed by atoms with Gasteiger partial charge in [-0.1, -0.05) is 43.2 Å². The molecule has 1 aliphatic heterocycles. The van der Waals surface area contributed by atoms with Gasteiger partial charge in [0.05, 0.1) is 0 Å². The van der Waals surface area contributed by atoms with Gasteiger partial charge in [-0.2, -0.15) is 0 Å². The lowest BCUT2D eigenvalue weighted by atomic mass is 10.0. The highest BCUT2D eigenvalue weighted by Crippen LogP contribution is 2.14. The van der Waals surface area contributed by atoms with Crippen LogP contribution in [0.3, 0.4) is 0 Å². The Labute approximate surface area is 124 Å². The highest BCUT2D eigenvalue weighted by atomic mass is 15.1. The molecule has 2 rings (SSSR count). The zero-order valence-corrected chi connectivity index (χ0v) is 13.4. The molecule has 1 heterocycles. The quantitative estimate of drug-likeness (QED) is 0.849. The van der Waals surface area contributed by atoms with E-state index in [1.807, 2.05) is 0 Å². The molecular weight excluding hydrogens is 244 g/mol. The highest BCUT2D eigenvalue weighted by molar-refractivity contribution is 5.23. The van der Waals surface area contributed by atoms with E-state index in [0.29, 0.717) is 6.04 Å². The van der Waals surface area contributed by atoms with Crippen LogP contribution in [-0.4, -0.2) is 31.1 Å². The van der Waals surface area contributed by atoms with Crippen molar-refractivity contribution in [2.45, 2.75) is 46.1 Å². The molecule has 0 saturated carbocycles.